The van der Waals surface area contributed by atoms with Gasteiger partial charge >= 0.3 is 0 Å². The summed E-state index contributed by atoms with van der Waals surface area (Å²) in [6.45, 7) is 0. The summed E-state index contributed by atoms with van der Waals surface area (Å²) >= 11 is 0. The lowest BCUT2D eigenvalue weighted by atomic mass is 10.0. The van der Waals surface area contributed by atoms with Gasteiger partial charge in [0.1, 0.15) is 5.92 Å². The van der Waals surface area contributed by atoms with E-state index in [0.29, 0.717) is 5.06 Å². The molecule has 0 bridgehead atoms. The highest BCUT2D eigenvalue weighted by Crippen LogP contribution is 2.12. The van der Waals surface area contributed by atoms with Gasteiger partial charge in [0.15, 0.2) is 0 Å². The number of nitrogens with zero attached hydrogens (tertiary/aromatic N) is 1. The van der Waals surface area contributed by atoms with Gasteiger partial charge in [0, 0.05) is 6.20 Å². The number of carbonyl (C=O) groups is 2. The van der Waals surface area contributed by atoms with Crippen molar-refractivity contribution in [3.05, 3.63) is 12.3 Å². The molecule has 0 saturated carbocycles. The quantitative estimate of drug-likeness (QED) is 0.386. The van der Waals surface area contributed by atoms with E-state index in [9.17, 15) is 9.59 Å². The Bertz CT molecular complexity index is 224. The van der Waals surface area contributed by atoms with Crippen LogP contribution in [-0.2, 0) is 9.59 Å². The lowest BCUT2D eigenvalue weighted by molar-refractivity contribution is -0.162. The molecule has 1 rings (SSSR count). The Morgan fingerprint density at radius 2 is 2.45 bits per heavy atom. The number of carbonyl (C=O) groups excluding carboxylic acids is 2. The van der Waals surface area contributed by atoms with Crippen molar-refractivity contribution in [1.82, 2.24) is 5.06 Å². The lowest BCUT2D eigenvalue weighted by Crippen LogP contribution is -2.39. The molecule has 1 unspecified atom stereocenters. The van der Waals surface area contributed by atoms with Gasteiger partial charge in [-0.25, -0.2) is 0 Å². The molecule has 60 valence electrons. The fraction of sp³-hybridized carbons (Fsp3) is 0.333. The fourth-order valence-corrected chi connectivity index (χ4v) is 0.869. The molecule has 0 fully saturated rings. The molecule has 0 aliphatic carbocycles. The minimum Gasteiger partial charge on any atom is -0.369 e. The Hall–Kier alpha value is -1.36. The molecule has 5 heteroatoms. The third-order valence-electron chi connectivity index (χ3n) is 1.49. The topological polar surface area (TPSA) is 83.6 Å². The molecule has 0 aromatic heterocycles. The van der Waals surface area contributed by atoms with E-state index in [1.807, 2.05) is 0 Å². The predicted molar refractivity (Wildman–Crippen MR) is 35.1 cm³/mol. The maximum absolute atomic E-state index is 10.9. The Morgan fingerprint density at radius 3 is 2.91 bits per heavy atom. The highest BCUT2D eigenvalue weighted by atomic mass is 16.5. The Balaban J connectivity index is 2.78. The molecular formula is C6H8N2O3. The average Bonchev–Trinajstić information content (AvgIpc) is 1.94. The lowest BCUT2D eigenvalue weighted by Gasteiger charge is -2.19. The van der Waals surface area contributed by atoms with Crippen LogP contribution in [0.2, 0.25) is 0 Å². The highest BCUT2D eigenvalue weighted by Gasteiger charge is 2.29. The second-order valence-corrected chi connectivity index (χ2v) is 2.26. The van der Waals surface area contributed by atoms with Crippen molar-refractivity contribution in [3.8, 4) is 0 Å². The SMILES string of the molecule is NC(=O)C1CC=CN(O)C1=O. The minimum absolute atomic E-state index is 0.269. The van der Waals surface area contributed by atoms with Gasteiger partial charge in [0.05, 0.1) is 0 Å². The van der Waals surface area contributed by atoms with E-state index < -0.39 is 17.7 Å². The monoisotopic (exact) mass is 156 g/mol. The first-order chi connectivity index (χ1) is 5.13. The van der Waals surface area contributed by atoms with Crippen LogP contribution in [0.5, 0.6) is 0 Å². The summed E-state index contributed by atoms with van der Waals surface area (Å²) in [5, 5.41) is 9.16. The standard InChI is InChI=1S/C6H8N2O3/c7-5(9)4-2-1-3-8(11)6(4)10/h1,3-4,11H,2H2,(H2,7,9). The summed E-state index contributed by atoms with van der Waals surface area (Å²) in [5.41, 5.74) is 4.89. The number of amides is 2. The number of rotatable bonds is 1. The van der Waals surface area contributed by atoms with Crippen LogP contribution in [0.3, 0.4) is 0 Å². The van der Waals surface area contributed by atoms with Crippen LogP contribution in [-0.4, -0.2) is 22.1 Å². The normalized spacial score (nSPS) is 23.9. The maximum atomic E-state index is 10.9. The first-order valence-corrected chi connectivity index (χ1v) is 3.11. The predicted octanol–water partition coefficient (Wildman–Crippen LogP) is -0.777. The highest BCUT2D eigenvalue weighted by molar-refractivity contribution is 6.00. The van der Waals surface area contributed by atoms with Crippen molar-refractivity contribution in [1.29, 1.82) is 0 Å². The molecule has 0 radical (unpaired) electrons. The van der Waals surface area contributed by atoms with Gasteiger partial charge in [0.2, 0.25) is 5.91 Å². The molecule has 0 saturated heterocycles. The van der Waals surface area contributed by atoms with Gasteiger partial charge in [0.25, 0.3) is 5.91 Å². The molecule has 1 heterocycles. The van der Waals surface area contributed by atoms with Crippen LogP contribution in [0.15, 0.2) is 12.3 Å². The molecular weight excluding hydrogens is 148 g/mol. The molecule has 1 atom stereocenters. The number of allylic oxidation sites excluding steroid dienone is 1. The van der Waals surface area contributed by atoms with Crippen molar-refractivity contribution in [2.24, 2.45) is 11.7 Å². The number of primary amides is 1. The molecule has 3 N–H and O–H groups in total. The molecule has 0 aromatic carbocycles. The van der Waals surface area contributed by atoms with Gasteiger partial charge in [-0.2, -0.15) is 5.06 Å². The van der Waals surface area contributed by atoms with Crippen LogP contribution in [0.4, 0.5) is 0 Å². The molecule has 2 amide bonds. The summed E-state index contributed by atoms with van der Waals surface area (Å²) in [7, 11) is 0. The fourth-order valence-electron chi connectivity index (χ4n) is 0.869. The molecule has 0 spiro atoms. The van der Waals surface area contributed by atoms with Crippen LogP contribution in [0.25, 0.3) is 0 Å². The van der Waals surface area contributed by atoms with Crippen LogP contribution < -0.4 is 5.73 Å². The van der Waals surface area contributed by atoms with Crippen LogP contribution in [0.1, 0.15) is 6.42 Å². The van der Waals surface area contributed by atoms with Crippen molar-refractivity contribution in [2.75, 3.05) is 0 Å². The number of hydrogen-bond donors (Lipinski definition) is 2. The second-order valence-electron chi connectivity index (χ2n) is 2.26. The van der Waals surface area contributed by atoms with Gasteiger partial charge in [-0.1, -0.05) is 6.08 Å². The number of hydroxylamine groups is 2. The van der Waals surface area contributed by atoms with E-state index in [2.05, 4.69) is 0 Å². The van der Waals surface area contributed by atoms with Gasteiger partial charge in [-0.3, -0.25) is 14.8 Å². The van der Waals surface area contributed by atoms with E-state index in [-0.39, 0.29) is 6.42 Å². The van der Waals surface area contributed by atoms with Crippen molar-refractivity contribution in [2.45, 2.75) is 6.42 Å². The molecule has 1 aliphatic heterocycles. The Morgan fingerprint density at radius 1 is 1.82 bits per heavy atom. The zero-order valence-corrected chi connectivity index (χ0v) is 5.73. The van der Waals surface area contributed by atoms with Crippen molar-refractivity contribution in [3.63, 3.8) is 0 Å². The summed E-state index contributed by atoms with van der Waals surface area (Å²) in [6.07, 6.45) is 2.98. The van der Waals surface area contributed by atoms with E-state index in [0.717, 1.165) is 0 Å². The first-order valence-electron chi connectivity index (χ1n) is 3.11. The minimum atomic E-state index is -0.912. The molecule has 1 aliphatic rings. The summed E-state index contributed by atoms with van der Waals surface area (Å²) in [4.78, 5) is 21.4. The zero-order valence-electron chi connectivity index (χ0n) is 5.73. The van der Waals surface area contributed by atoms with Gasteiger partial charge < -0.3 is 5.73 Å². The summed E-state index contributed by atoms with van der Waals surface area (Å²) in [5.74, 6) is -2.29. The zero-order chi connectivity index (χ0) is 8.43. The van der Waals surface area contributed by atoms with Crippen molar-refractivity contribution < 1.29 is 14.8 Å². The number of nitrogens with two attached hydrogens (primary N) is 1. The molecule has 11 heavy (non-hydrogen) atoms. The van der Waals surface area contributed by atoms with E-state index >= 15 is 0 Å². The van der Waals surface area contributed by atoms with Gasteiger partial charge in [-0.05, 0) is 6.42 Å². The van der Waals surface area contributed by atoms with Gasteiger partial charge in [-0.15, -0.1) is 0 Å². The second kappa shape index (κ2) is 2.71. The summed E-state index contributed by atoms with van der Waals surface area (Å²) in [6, 6.07) is 0. The van der Waals surface area contributed by atoms with E-state index in [1.165, 1.54) is 12.3 Å². The van der Waals surface area contributed by atoms with E-state index in [1.54, 1.807) is 0 Å². The third kappa shape index (κ3) is 1.38. The Labute approximate surface area is 63.0 Å². The largest absolute Gasteiger partial charge is 0.369 e. The van der Waals surface area contributed by atoms with Crippen LogP contribution >= 0.6 is 0 Å². The summed E-state index contributed by atoms with van der Waals surface area (Å²) < 4.78 is 0. The number of hydrogen-bond acceptors (Lipinski definition) is 3. The maximum Gasteiger partial charge on any atom is 0.262 e. The van der Waals surface area contributed by atoms with E-state index in [4.69, 9.17) is 10.9 Å². The Kier molecular flexibility index (Phi) is 1.91. The average molecular weight is 156 g/mol. The molecule has 5 nitrogen and oxygen atoms in total. The van der Waals surface area contributed by atoms with Crippen LogP contribution in [0, 0.1) is 5.92 Å². The molecule has 0 aromatic rings. The third-order valence-corrected chi connectivity index (χ3v) is 1.49. The smallest absolute Gasteiger partial charge is 0.262 e. The first kappa shape index (κ1) is 7.74. The van der Waals surface area contributed by atoms with Crippen molar-refractivity contribution >= 4 is 11.8 Å².